The van der Waals surface area contributed by atoms with Crippen molar-refractivity contribution < 1.29 is 9.84 Å². The Morgan fingerprint density at radius 3 is 2.76 bits per heavy atom. The fourth-order valence-electron chi connectivity index (χ4n) is 4.47. The van der Waals surface area contributed by atoms with Crippen LogP contribution in [0.3, 0.4) is 0 Å². The van der Waals surface area contributed by atoms with Gasteiger partial charge in [0.05, 0.1) is 13.2 Å². The fraction of sp³-hybridized carbons (Fsp3) is 0.684. The van der Waals surface area contributed by atoms with Crippen LogP contribution in [0, 0.1) is 17.8 Å². The Bertz CT molecular complexity index is 457. The summed E-state index contributed by atoms with van der Waals surface area (Å²) in [5.74, 6) is 3.22. The number of hydrogen-bond donors (Lipinski definition) is 1. The molecule has 1 aromatic rings. The Kier molecular flexibility index (Phi) is 4.84. The second-order valence-electron chi connectivity index (χ2n) is 7.00. The molecule has 2 aliphatic carbocycles. The van der Waals surface area contributed by atoms with Crippen LogP contribution in [0.5, 0.6) is 5.75 Å². The first kappa shape index (κ1) is 14.9. The van der Waals surface area contributed by atoms with E-state index in [-0.39, 0.29) is 6.10 Å². The van der Waals surface area contributed by atoms with Crippen LogP contribution in [0.15, 0.2) is 24.3 Å². The van der Waals surface area contributed by atoms with E-state index in [0.717, 1.165) is 24.0 Å². The van der Waals surface area contributed by atoms with E-state index in [1.807, 2.05) is 12.1 Å². The van der Waals surface area contributed by atoms with E-state index < -0.39 is 0 Å². The van der Waals surface area contributed by atoms with Crippen LogP contribution in [0.2, 0.25) is 0 Å². The first-order valence-electron chi connectivity index (χ1n) is 8.57. The molecule has 1 aromatic carbocycles. The SMILES string of the molecule is COc1cccc(CC(O)C2CCC3CCCCC3C2)c1. The van der Waals surface area contributed by atoms with Gasteiger partial charge in [-0.05, 0) is 61.1 Å². The third kappa shape index (κ3) is 3.60. The highest BCUT2D eigenvalue weighted by Crippen LogP contribution is 2.43. The van der Waals surface area contributed by atoms with Gasteiger partial charge in [-0.25, -0.2) is 0 Å². The fourth-order valence-corrected chi connectivity index (χ4v) is 4.47. The average molecular weight is 288 g/mol. The highest BCUT2D eigenvalue weighted by atomic mass is 16.5. The molecular formula is C19H28O2. The van der Waals surface area contributed by atoms with E-state index in [2.05, 4.69) is 12.1 Å². The average Bonchev–Trinajstić information content (AvgIpc) is 2.54. The molecule has 0 aromatic heterocycles. The van der Waals surface area contributed by atoms with Gasteiger partial charge in [-0.15, -0.1) is 0 Å². The zero-order valence-corrected chi connectivity index (χ0v) is 13.1. The van der Waals surface area contributed by atoms with Crippen LogP contribution in [0.25, 0.3) is 0 Å². The van der Waals surface area contributed by atoms with E-state index in [1.54, 1.807) is 7.11 Å². The topological polar surface area (TPSA) is 29.5 Å². The molecule has 2 nitrogen and oxygen atoms in total. The molecule has 2 fully saturated rings. The molecule has 0 heterocycles. The lowest BCUT2D eigenvalue weighted by atomic mass is 9.66. The minimum atomic E-state index is -0.194. The third-order valence-corrected chi connectivity index (χ3v) is 5.70. The van der Waals surface area contributed by atoms with Crippen LogP contribution in [0.1, 0.15) is 50.5 Å². The molecular weight excluding hydrogens is 260 g/mol. The van der Waals surface area contributed by atoms with Crippen molar-refractivity contribution >= 4 is 0 Å². The van der Waals surface area contributed by atoms with Gasteiger partial charge in [-0.2, -0.15) is 0 Å². The van der Waals surface area contributed by atoms with Crippen molar-refractivity contribution in [3.63, 3.8) is 0 Å². The summed E-state index contributed by atoms with van der Waals surface area (Å²) in [5, 5.41) is 10.6. The van der Waals surface area contributed by atoms with Gasteiger partial charge in [0, 0.05) is 0 Å². The van der Waals surface area contributed by atoms with Gasteiger partial charge < -0.3 is 9.84 Å². The second kappa shape index (κ2) is 6.83. The lowest BCUT2D eigenvalue weighted by Gasteiger charge is -2.40. The summed E-state index contributed by atoms with van der Waals surface area (Å²) in [6, 6.07) is 8.12. The molecule has 0 radical (unpaired) electrons. The quantitative estimate of drug-likeness (QED) is 0.899. The highest BCUT2D eigenvalue weighted by molar-refractivity contribution is 5.28. The summed E-state index contributed by atoms with van der Waals surface area (Å²) >= 11 is 0. The Morgan fingerprint density at radius 2 is 1.95 bits per heavy atom. The molecule has 1 N–H and O–H groups in total. The second-order valence-corrected chi connectivity index (χ2v) is 7.00. The van der Waals surface area contributed by atoms with Crippen molar-refractivity contribution in [3.05, 3.63) is 29.8 Å². The minimum absolute atomic E-state index is 0.194. The van der Waals surface area contributed by atoms with Crippen molar-refractivity contribution in [3.8, 4) is 5.75 Å². The molecule has 3 rings (SSSR count). The molecule has 2 heteroatoms. The molecule has 4 atom stereocenters. The van der Waals surface area contributed by atoms with Crippen molar-refractivity contribution in [2.24, 2.45) is 17.8 Å². The third-order valence-electron chi connectivity index (χ3n) is 5.70. The van der Waals surface area contributed by atoms with E-state index in [1.165, 1.54) is 50.5 Å². The molecule has 2 aliphatic rings. The summed E-state index contributed by atoms with van der Waals surface area (Å²) in [6.07, 6.45) is 10.0. The number of hydrogen-bond acceptors (Lipinski definition) is 2. The first-order valence-corrected chi connectivity index (χ1v) is 8.57. The Labute approximate surface area is 128 Å². The van der Waals surface area contributed by atoms with Gasteiger partial charge in [0.2, 0.25) is 0 Å². The van der Waals surface area contributed by atoms with Crippen molar-refractivity contribution in [2.45, 2.75) is 57.5 Å². The molecule has 0 amide bonds. The highest BCUT2D eigenvalue weighted by Gasteiger charge is 2.34. The zero-order valence-electron chi connectivity index (χ0n) is 13.1. The van der Waals surface area contributed by atoms with Crippen LogP contribution in [0.4, 0.5) is 0 Å². The van der Waals surface area contributed by atoms with E-state index in [0.29, 0.717) is 5.92 Å². The number of rotatable bonds is 4. The smallest absolute Gasteiger partial charge is 0.119 e. The van der Waals surface area contributed by atoms with Crippen LogP contribution >= 0.6 is 0 Å². The molecule has 4 unspecified atom stereocenters. The van der Waals surface area contributed by atoms with Crippen molar-refractivity contribution in [1.29, 1.82) is 0 Å². The van der Waals surface area contributed by atoms with Crippen molar-refractivity contribution in [1.82, 2.24) is 0 Å². The van der Waals surface area contributed by atoms with E-state index in [9.17, 15) is 5.11 Å². The maximum Gasteiger partial charge on any atom is 0.119 e. The van der Waals surface area contributed by atoms with Gasteiger partial charge >= 0.3 is 0 Å². The van der Waals surface area contributed by atoms with Crippen LogP contribution in [-0.4, -0.2) is 18.3 Å². The van der Waals surface area contributed by atoms with Crippen LogP contribution in [-0.2, 0) is 6.42 Å². The maximum absolute atomic E-state index is 10.6. The number of ether oxygens (including phenoxy) is 1. The molecule has 2 saturated carbocycles. The Morgan fingerprint density at radius 1 is 1.14 bits per heavy atom. The standard InChI is InChI=1S/C19H28O2/c1-21-18-8-4-5-14(11-18)12-19(20)17-10-9-15-6-2-3-7-16(15)13-17/h4-5,8,11,15-17,19-20H,2-3,6-7,9-10,12-13H2,1H3. The normalized spacial score (nSPS) is 30.5. The van der Waals surface area contributed by atoms with E-state index in [4.69, 9.17) is 4.74 Å². The number of aliphatic hydroxyl groups excluding tert-OH is 1. The lowest BCUT2D eigenvalue weighted by molar-refractivity contribution is 0.0361. The zero-order chi connectivity index (χ0) is 14.7. The van der Waals surface area contributed by atoms with Gasteiger partial charge in [0.1, 0.15) is 5.75 Å². The van der Waals surface area contributed by atoms with Gasteiger partial charge in [-0.3, -0.25) is 0 Å². The van der Waals surface area contributed by atoms with Gasteiger partial charge in [0.15, 0.2) is 0 Å². The number of methoxy groups -OCH3 is 1. The summed E-state index contributed by atoms with van der Waals surface area (Å²) in [6.45, 7) is 0. The van der Waals surface area contributed by atoms with Gasteiger partial charge in [0.25, 0.3) is 0 Å². The number of fused-ring (bicyclic) bond motifs is 1. The molecule has 21 heavy (non-hydrogen) atoms. The van der Waals surface area contributed by atoms with Gasteiger partial charge in [-0.1, -0.05) is 37.8 Å². The Balaban J connectivity index is 1.58. The predicted molar refractivity (Wildman–Crippen MR) is 85.5 cm³/mol. The molecule has 116 valence electrons. The summed E-state index contributed by atoms with van der Waals surface area (Å²) in [4.78, 5) is 0. The van der Waals surface area contributed by atoms with Crippen LogP contribution < -0.4 is 4.74 Å². The summed E-state index contributed by atoms with van der Waals surface area (Å²) in [7, 11) is 1.69. The molecule has 0 saturated heterocycles. The van der Waals surface area contributed by atoms with Crippen molar-refractivity contribution in [2.75, 3.05) is 7.11 Å². The first-order chi connectivity index (χ1) is 10.3. The monoisotopic (exact) mass is 288 g/mol. The molecule has 0 aliphatic heterocycles. The largest absolute Gasteiger partial charge is 0.497 e. The molecule has 0 bridgehead atoms. The van der Waals surface area contributed by atoms with E-state index >= 15 is 0 Å². The maximum atomic E-state index is 10.6. The summed E-state index contributed by atoms with van der Waals surface area (Å²) in [5.41, 5.74) is 1.19. The molecule has 0 spiro atoms. The minimum Gasteiger partial charge on any atom is -0.497 e. The lowest BCUT2D eigenvalue weighted by Crippen LogP contribution is -2.34. The predicted octanol–water partition coefficient (Wildman–Crippen LogP) is 4.21. The number of aliphatic hydroxyl groups is 1. The Hall–Kier alpha value is -1.02. The number of benzene rings is 1. The summed E-state index contributed by atoms with van der Waals surface area (Å²) < 4.78 is 5.27.